The zero-order valence-corrected chi connectivity index (χ0v) is 27.6. The first kappa shape index (κ1) is 30.5. The van der Waals surface area contributed by atoms with Crippen molar-refractivity contribution in [2.45, 2.75) is 119 Å². The van der Waals surface area contributed by atoms with Crippen LogP contribution in [0.5, 0.6) is 0 Å². The Morgan fingerprint density at radius 3 is 2.35 bits per heavy atom. The van der Waals surface area contributed by atoms with E-state index in [1.807, 2.05) is 12.1 Å². The molecule has 1 N–H and O–H groups in total. The van der Waals surface area contributed by atoms with E-state index < -0.39 is 5.41 Å². The Kier molecular flexibility index (Phi) is 7.10. The summed E-state index contributed by atoms with van der Waals surface area (Å²) in [6.07, 6.45) is 11.7. The lowest BCUT2D eigenvalue weighted by atomic mass is 9.33. The van der Waals surface area contributed by atoms with E-state index in [2.05, 4.69) is 58.8 Å². The number of hydrogen-bond acceptors (Lipinski definition) is 5. The van der Waals surface area contributed by atoms with Gasteiger partial charge in [0.05, 0.1) is 17.3 Å². The van der Waals surface area contributed by atoms with Crippen LogP contribution in [-0.4, -0.2) is 28.7 Å². The highest BCUT2D eigenvalue weighted by atomic mass is 16.5. The molecule has 8 atom stereocenters. The third-order valence-corrected chi connectivity index (χ3v) is 14.0. The smallest absolute Gasteiger partial charge is 0.302 e. The van der Waals surface area contributed by atoms with Gasteiger partial charge in [-0.2, -0.15) is 0 Å². The molecule has 1 amide bonds. The number of pyridine rings is 1. The molecule has 6 nitrogen and oxygen atoms in total. The van der Waals surface area contributed by atoms with E-state index in [1.54, 1.807) is 12.4 Å². The molecule has 4 saturated carbocycles. The van der Waals surface area contributed by atoms with Crippen LogP contribution in [0.1, 0.15) is 113 Å². The van der Waals surface area contributed by atoms with Gasteiger partial charge >= 0.3 is 5.97 Å². The van der Waals surface area contributed by atoms with Gasteiger partial charge in [0.1, 0.15) is 6.10 Å². The van der Waals surface area contributed by atoms with Crippen LogP contribution in [0.15, 0.2) is 35.7 Å². The highest BCUT2D eigenvalue weighted by Crippen LogP contribution is 2.76. The van der Waals surface area contributed by atoms with E-state index in [4.69, 9.17) is 4.74 Å². The summed E-state index contributed by atoms with van der Waals surface area (Å²) >= 11 is 0. The van der Waals surface area contributed by atoms with Crippen LogP contribution in [0.2, 0.25) is 0 Å². The van der Waals surface area contributed by atoms with Crippen LogP contribution in [0.4, 0.5) is 5.69 Å². The highest BCUT2D eigenvalue weighted by molar-refractivity contribution is 6.09. The lowest BCUT2D eigenvalue weighted by Crippen LogP contribution is -2.66. The first-order valence-electron chi connectivity index (χ1n) is 16.8. The van der Waals surface area contributed by atoms with Crippen LogP contribution in [0.25, 0.3) is 0 Å². The van der Waals surface area contributed by atoms with Crippen molar-refractivity contribution in [3.05, 3.63) is 35.7 Å². The van der Waals surface area contributed by atoms with Crippen molar-refractivity contribution in [2.75, 3.05) is 5.32 Å². The molecule has 0 bridgehead atoms. The highest BCUT2D eigenvalue weighted by Gasteiger charge is 2.71. The number of esters is 1. The molecule has 4 fully saturated rings. The normalized spacial score (nSPS) is 41.6. The number of aromatic nitrogens is 1. The zero-order chi connectivity index (χ0) is 31.2. The fraction of sp³-hybridized carbons (Fsp3) is 0.730. The third-order valence-electron chi connectivity index (χ3n) is 14.0. The van der Waals surface area contributed by atoms with Crippen molar-refractivity contribution in [3.63, 3.8) is 0 Å². The van der Waals surface area contributed by atoms with E-state index in [-0.39, 0.29) is 57.3 Å². The molecule has 5 aliphatic carbocycles. The van der Waals surface area contributed by atoms with Crippen LogP contribution >= 0.6 is 0 Å². The van der Waals surface area contributed by atoms with E-state index in [9.17, 15) is 14.4 Å². The van der Waals surface area contributed by atoms with E-state index >= 15 is 0 Å². The molecule has 0 saturated heterocycles. The van der Waals surface area contributed by atoms with Crippen LogP contribution in [-0.2, 0) is 19.1 Å². The van der Waals surface area contributed by atoms with Gasteiger partial charge < -0.3 is 10.1 Å². The number of nitrogens with one attached hydrogen (secondary N) is 1. The second-order valence-corrected chi connectivity index (χ2v) is 16.4. The minimum atomic E-state index is -0.773. The van der Waals surface area contributed by atoms with Gasteiger partial charge in [0.25, 0.3) is 0 Å². The first-order chi connectivity index (χ1) is 20.1. The SMILES string of the molecule is CC(=O)O[C@H]1CC[C@]2(C)[C@H]3CC[C@@H]4C5=C(C(C)C)C(=O)C[C@]5(C(=O)Nc5cccnc5)CC[C@@]4(C)[C@]3(C)CC[C@H]2C1(C)C. The lowest BCUT2D eigenvalue weighted by molar-refractivity contribution is -0.232. The van der Waals surface area contributed by atoms with Gasteiger partial charge in [-0.15, -0.1) is 0 Å². The van der Waals surface area contributed by atoms with Gasteiger partial charge in [-0.3, -0.25) is 19.4 Å². The molecule has 0 radical (unpaired) electrons. The number of carbonyl (C=O) groups is 3. The molecular weight excluding hydrogens is 536 g/mol. The summed E-state index contributed by atoms with van der Waals surface area (Å²) in [6, 6.07) is 3.71. The Morgan fingerprint density at radius 1 is 0.953 bits per heavy atom. The molecular formula is C37H52N2O4. The summed E-state index contributed by atoms with van der Waals surface area (Å²) in [5.74, 6) is 1.32. The molecule has 0 unspecified atom stereocenters. The number of Topliss-reactive ketones (excluding diaryl/α,β-unsaturated/α-hetero) is 1. The van der Waals surface area contributed by atoms with Gasteiger partial charge in [0, 0.05) is 25.0 Å². The van der Waals surface area contributed by atoms with Crippen molar-refractivity contribution in [2.24, 2.45) is 50.7 Å². The minimum absolute atomic E-state index is 0.00104. The van der Waals surface area contributed by atoms with Crippen LogP contribution in [0.3, 0.4) is 0 Å². The standard InChI is InChI=1S/C37H52N2O4/c1-22(2)30-26(41)20-37(32(42)39-24-10-9-19-38-21-24)18-17-35(7)25(31(30)37)11-12-28-34(6)15-14-29(43-23(3)40)33(4,5)27(34)13-16-36(28,35)8/h9-10,19,21-22,25,27-29H,11-18,20H2,1-8H3,(H,39,42)/t25-,27+,28-,29+,34+,35-,36-,37-/m1/s1. The molecule has 234 valence electrons. The summed E-state index contributed by atoms with van der Waals surface area (Å²) in [5, 5.41) is 3.17. The Hall–Kier alpha value is -2.50. The fourth-order valence-corrected chi connectivity index (χ4v) is 12.0. The topological polar surface area (TPSA) is 85.4 Å². The van der Waals surface area contributed by atoms with Gasteiger partial charge in [-0.25, -0.2) is 0 Å². The maximum Gasteiger partial charge on any atom is 0.302 e. The van der Waals surface area contributed by atoms with Crippen molar-refractivity contribution >= 4 is 23.3 Å². The van der Waals surface area contributed by atoms with Crippen molar-refractivity contribution < 1.29 is 19.1 Å². The summed E-state index contributed by atoms with van der Waals surface area (Å²) < 4.78 is 5.92. The van der Waals surface area contributed by atoms with E-state index in [1.165, 1.54) is 12.5 Å². The maximum absolute atomic E-state index is 14.3. The predicted octanol–water partition coefficient (Wildman–Crippen LogP) is 7.93. The lowest BCUT2D eigenvalue weighted by Gasteiger charge is -2.72. The molecule has 1 aromatic heterocycles. The molecule has 0 aliphatic heterocycles. The van der Waals surface area contributed by atoms with Gasteiger partial charge in [-0.05, 0) is 115 Å². The molecule has 6 rings (SSSR count). The predicted molar refractivity (Wildman–Crippen MR) is 168 cm³/mol. The zero-order valence-electron chi connectivity index (χ0n) is 27.6. The number of rotatable bonds is 4. The molecule has 43 heavy (non-hydrogen) atoms. The maximum atomic E-state index is 14.3. The third kappa shape index (κ3) is 4.16. The number of ether oxygens (including phenoxy) is 1. The first-order valence-corrected chi connectivity index (χ1v) is 16.8. The molecule has 0 aromatic carbocycles. The number of amides is 1. The van der Waals surface area contributed by atoms with E-state index in [0.29, 0.717) is 30.4 Å². The Bertz CT molecular complexity index is 1370. The second kappa shape index (κ2) is 10.0. The van der Waals surface area contributed by atoms with Crippen molar-refractivity contribution in [3.8, 4) is 0 Å². The van der Waals surface area contributed by atoms with Crippen LogP contribution in [0, 0.1) is 50.7 Å². The number of carbonyl (C=O) groups excluding carboxylic acids is 3. The largest absolute Gasteiger partial charge is 0.462 e. The molecule has 5 aliphatic rings. The second-order valence-electron chi connectivity index (χ2n) is 16.4. The van der Waals surface area contributed by atoms with E-state index in [0.717, 1.165) is 50.5 Å². The molecule has 0 spiro atoms. The van der Waals surface area contributed by atoms with Gasteiger partial charge in [-0.1, -0.05) is 48.5 Å². The number of nitrogens with zero attached hydrogens (tertiary/aromatic N) is 1. The van der Waals surface area contributed by atoms with Gasteiger partial charge in [0.15, 0.2) is 5.78 Å². The number of ketones is 1. The summed E-state index contributed by atoms with van der Waals surface area (Å²) in [5.41, 5.74) is 2.20. The number of anilines is 1. The van der Waals surface area contributed by atoms with Gasteiger partial charge in [0.2, 0.25) is 5.91 Å². The molecule has 6 heteroatoms. The summed E-state index contributed by atoms with van der Waals surface area (Å²) in [7, 11) is 0. The number of fused-ring (bicyclic) bond motifs is 7. The monoisotopic (exact) mass is 588 g/mol. The van der Waals surface area contributed by atoms with Crippen LogP contribution < -0.4 is 5.32 Å². The molecule has 1 aromatic rings. The van der Waals surface area contributed by atoms with Crippen molar-refractivity contribution in [1.82, 2.24) is 4.98 Å². The average Bonchev–Trinajstić information content (AvgIpc) is 3.24. The number of allylic oxidation sites excluding steroid dienone is 1. The minimum Gasteiger partial charge on any atom is -0.462 e. The Balaban J connectivity index is 1.39. The fourth-order valence-electron chi connectivity index (χ4n) is 12.0. The quantitative estimate of drug-likeness (QED) is 0.361. The summed E-state index contributed by atoms with van der Waals surface area (Å²) in [4.78, 5) is 44.3. The Labute approximate surface area is 258 Å². The Morgan fingerprint density at radius 2 is 1.70 bits per heavy atom. The van der Waals surface area contributed by atoms with Crippen molar-refractivity contribution in [1.29, 1.82) is 0 Å². The average molecular weight is 589 g/mol. The number of hydrogen-bond donors (Lipinski definition) is 1. The summed E-state index contributed by atoms with van der Waals surface area (Å²) in [6.45, 7) is 18.1. The molecule has 1 heterocycles.